The molecule has 7 heteroatoms. The fourth-order valence-corrected chi connectivity index (χ4v) is 2.49. The Balaban J connectivity index is 3.48. The van der Waals surface area contributed by atoms with Gasteiger partial charge in [-0.3, -0.25) is 0 Å². The Kier molecular flexibility index (Phi) is 4.70. The van der Waals surface area contributed by atoms with E-state index in [1.165, 1.54) is 26.4 Å². The molecule has 0 aromatic heterocycles. The van der Waals surface area contributed by atoms with Crippen LogP contribution in [0.2, 0.25) is 0 Å². The molecule has 0 amide bonds. The summed E-state index contributed by atoms with van der Waals surface area (Å²) < 4.78 is 38.1. The SMILES string of the molecule is C#CCOc1cc(OC)cc(OC)c1S(=O)(=O)Cl. The predicted molar refractivity (Wildman–Crippen MR) is 66.9 cm³/mol. The van der Waals surface area contributed by atoms with Crippen molar-refractivity contribution in [2.24, 2.45) is 0 Å². The summed E-state index contributed by atoms with van der Waals surface area (Å²) in [5, 5.41) is 0. The lowest BCUT2D eigenvalue weighted by Crippen LogP contribution is -2.03. The minimum absolute atomic E-state index is 0.0147. The molecule has 1 aromatic rings. The van der Waals surface area contributed by atoms with Crippen LogP contribution in [0.15, 0.2) is 17.0 Å². The first kappa shape index (κ1) is 14.5. The van der Waals surface area contributed by atoms with Crippen LogP contribution in [0.5, 0.6) is 17.2 Å². The van der Waals surface area contributed by atoms with Crippen LogP contribution in [0.3, 0.4) is 0 Å². The first-order valence-electron chi connectivity index (χ1n) is 4.71. The van der Waals surface area contributed by atoms with E-state index in [2.05, 4.69) is 5.92 Å². The predicted octanol–water partition coefficient (Wildman–Crippen LogP) is 1.64. The Morgan fingerprint density at radius 1 is 1.28 bits per heavy atom. The molecule has 1 rings (SSSR count). The van der Waals surface area contributed by atoms with E-state index >= 15 is 0 Å². The van der Waals surface area contributed by atoms with Crippen molar-refractivity contribution in [2.45, 2.75) is 4.90 Å². The van der Waals surface area contributed by atoms with Gasteiger partial charge in [0.25, 0.3) is 9.05 Å². The van der Waals surface area contributed by atoms with E-state index in [-0.39, 0.29) is 23.0 Å². The maximum Gasteiger partial charge on any atom is 0.268 e. The largest absolute Gasteiger partial charge is 0.496 e. The van der Waals surface area contributed by atoms with Gasteiger partial charge in [-0.2, -0.15) is 0 Å². The molecule has 0 radical (unpaired) electrons. The van der Waals surface area contributed by atoms with Gasteiger partial charge >= 0.3 is 0 Å². The molecule has 0 bridgehead atoms. The first-order chi connectivity index (χ1) is 8.43. The smallest absolute Gasteiger partial charge is 0.268 e. The zero-order valence-electron chi connectivity index (χ0n) is 9.77. The van der Waals surface area contributed by atoms with Crippen molar-refractivity contribution in [3.63, 3.8) is 0 Å². The maximum atomic E-state index is 11.5. The topological polar surface area (TPSA) is 61.8 Å². The van der Waals surface area contributed by atoms with Crippen LogP contribution in [0.1, 0.15) is 0 Å². The van der Waals surface area contributed by atoms with Crippen LogP contribution in [0.25, 0.3) is 0 Å². The fourth-order valence-electron chi connectivity index (χ4n) is 1.29. The van der Waals surface area contributed by atoms with E-state index in [0.29, 0.717) is 5.75 Å². The van der Waals surface area contributed by atoms with Crippen molar-refractivity contribution in [3.8, 4) is 29.6 Å². The van der Waals surface area contributed by atoms with E-state index in [4.69, 9.17) is 31.3 Å². The molecule has 0 fully saturated rings. The van der Waals surface area contributed by atoms with Gasteiger partial charge in [-0.15, -0.1) is 6.42 Å². The van der Waals surface area contributed by atoms with Crippen molar-refractivity contribution < 1.29 is 22.6 Å². The molecular formula is C11H11ClO5S. The number of methoxy groups -OCH3 is 2. The van der Waals surface area contributed by atoms with Crippen molar-refractivity contribution in [2.75, 3.05) is 20.8 Å². The molecule has 0 N–H and O–H groups in total. The molecule has 18 heavy (non-hydrogen) atoms. The second-order valence-corrected chi connectivity index (χ2v) is 5.59. The first-order valence-corrected chi connectivity index (χ1v) is 7.02. The van der Waals surface area contributed by atoms with Gasteiger partial charge in [0.05, 0.1) is 14.2 Å². The van der Waals surface area contributed by atoms with Crippen molar-refractivity contribution in [1.29, 1.82) is 0 Å². The van der Waals surface area contributed by atoms with E-state index in [1.54, 1.807) is 0 Å². The van der Waals surface area contributed by atoms with Gasteiger partial charge in [-0.25, -0.2) is 8.42 Å². The minimum Gasteiger partial charge on any atom is -0.496 e. The van der Waals surface area contributed by atoms with E-state index in [9.17, 15) is 8.42 Å². The molecule has 5 nitrogen and oxygen atoms in total. The summed E-state index contributed by atoms with van der Waals surface area (Å²) in [6, 6.07) is 2.76. The van der Waals surface area contributed by atoms with E-state index in [0.717, 1.165) is 0 Å². The standard InChI is InChI=1S/C11H11ClO5S/c1-4-5-17-10-7-8(15-2)6-9(16-3)11(10)18(12,13)14/h1,6-7H,5H2,2-3H3. The molecule has 0 saturated carbocycles. The third kappa shape index (κ3) is 3.22. The normalized spacial score (nSPS) is 10.6. The molecule has 0 unspecified atom stereocenters. The summed E-state index contributed by atoms with van der Waals surface area (Å²) in [6.07, 6.45) is 5.06. The average Bonchev–Trinajstić information content (AvgIpc) is 2.33. The Morgan fingerprint density at radius 2 is 1.89 bits per heavy atom. The number of terminal acetylenes is 1. The molecular weight excluding hydrogens is 280 g/mol. The number of ether oxygens (including phenoxy) is 3. The highest BCUT2D eigenvalue weighted by Gasteiger charge is 2.24. The Morgan fingerprint density at radius 3 is 2.33 bits per heavy atom. The molecule has 0 heterocycles. The summed E-state index contributed by atoms with van der Waals surface area (Å²) in [5.41, 5.74) is 0. The highest BCUT2D eigenvalue weighted by atomic mass is 35.7. The molecule has 0 aliphatic heterocycles. The molecule has 0 saturated heterocycles. The lowest BCUT2D eigenvalue weighted by atomic mass is 10.3. The van der Waals surface area contributed by atoms with Crippen molar-refractivity contribution in [3.05, 3.63) is 12.1 Å². The zero-order chi connectivity index (χ0) is 13.8. The monoisotopic (exact) mass is 290 g/mol. The summed E-state index contributed by atoms with van der Waals surface area (Å²) in [4.78, 5) is -0.275. The molecule has 0 aliphatic rings. The number of hydrogen-bond acceptors (Lipinski definition) is 5. The Labute approximate surface area is 110 Å². The second-order valence-electron chi connectivity index (χ2n) is 3.09. The number of benzene rings is 1. The maximum absolute atomic E-state index is 11.5. The van der Waals surface area contributed by atoms with Crippen LogP contribution < -0.4 is 14.2 Å². The van der Waals surface area contributed by atoms with Gasteiger partial charge in [0.15, 0.2) is 4.90 Å². The molecule has 0 atom stereocenters. The van der Waals surface area contributed by atoms with Crippen molar-refractivity contribution >= 4 is 19.7 Å². The van der Waals surface area contributed by atoms with Crippen molar-refractivity contribution in [1.82, 2.24) is 0 Å². The fraction of sp³-hybridized carbons (Fsp3) is 0.273. The van der Waals surface area contributed by atoms with Crippen LogP contribution in [0, 0.1) is 12.3 Å². The van der Waals surface area contributed by atoms with E-state index in [1.807, 2.05) is 0 Å². The van der Waals surface area contributed by atoms with Crippen LogP contribution in [-0.4, -0.2) is 29.2 Å². The summed E-state index contributed by atoms with van der Waals surface area (Å²) in [7, 11) is 4.04. The number of rotatable bonds is 5. The third-order valence-corrected chi connectivity index (χ3v) is 3.36. The Bertz CT molecular complexity index is 574. The average molecular weight is 291 g/mol. The second kappa shape index (κ2) is 5.85. The zero-order valence-corrected chi connectivity index (χ0v) is 11.3. The van der Waals surface area contributed by atoms with Gasteiger partial charge < -0.3 is 14.2 Å². The number of hydrogen-bond donors (Lipinski definition) is 0. The van der Waals surface area contributed by atoms with E-state index < -0.39 is 9.05 Å². The van der Waals surface area contributed by atoms with Crippen LogP contribution in [0.4, 0.5) is 0 Å². The summed E-state index contributed by atoms with van der Waals surface area (Å²) in [6.45, 7) is -0.101. The Hall–Kier alpha value is -1.58. The molecule has 0 aliphatic carbocycles. The van der Waals surface area contributed by atoms with Crippen LogP contribution >= 0.6 is 10.7 Å². The molecule has 0 spiro atoms. The van der Waals surface area contributed by atoms with Gasteiger partial charge in [-0.05, 0) is 0 Å². The van der Waals surface area contributed by atoms with Gasteiger partial charge in [-0.1, -0.05) is 5.92 Å². The third-order valence-electron chi connectivity index (χ3n) is 2.00. The molecule has 1 aromatic carbocycles. The summed E-state index contributed by atoms with van der Waals surface area (Å²) in [5.74, 6) is 2.60. The lowest BCUT2D eigenvalue weighted by molar-refractivity contribution is 0.338. The van der Waals surface area contributed by atoms with Crippen LogP contribution in [-0.2, 0) is 9.05 Å². The van der Waals surface area contributed by atoms with Gasteiger partial charge in [0.2, 0.25) is 0 Å². The highest BCUT2D eigenvalue weighted by molar-refractivity contribution is 8.13. The lowest BCUT2D eigenvalue weighted by Gasteiger charge is -2.13. The quantitative estimate of drug-likeness (QED) is 0.609. The minimum atomic E-state index is -4.03. The van der Waals surface area contributed by atoms with Gasteiger partial charge in [0, 0.05) is 22.8 Å². The van der Waals surface area contributed by atoms with Gasteiger partial charge in [0.1, 0.15) is 23.9 Å². The number of halogens is 1. The summed E-state index contributed by atoms with van der Waals surface area (Å²) >= 11 is 0. The molecule has 98 valence electrons. The highest BCUT2D eigenvalue weighted by Crippen LogP contribution is 2.39.